The highest BCUT2D eigenvalue weighted by Gasteiger charge is 2.22. The molecule has 0 saturated carbocycles. The standard InChI is InChI=1S/C17H22N4O2/c1-12-18-10-16(19-12)17(22)20-13-5-4-8-21(11-13)14-6-3-7-15(9-14)23-2/h3,6-7,9-10,13H,4-5,8,11H2,1-2H3,(H,18,19)(H,20,22). The monoisotopic (exact) mass is 314 g/mol. The normalized spacial score (nSPS) is 17.8. The van der Waals surface area contributed by atoms with Crippen molar-refractivity contribution >= 4 is 11.6 Å². The second-order valence-corrected chi connectivity index (χ2v) is 5.84. The number of benzene rings is 1. The van der Waals surface area contributed by atoms with Gasteiger partial charge in [0.15, 0.2) is 0 Å². The number of H-pyrrole nitrogens is 1. The van der Waals surface area contributed by atoms with Crippen molar-refractivity contribution in [2.24, 2.45) is 0 Å². The minimum Gasteiger partial charge on any atom is -0.497 e. The van der Waals surface area contributed by atoms with Crippen molar-refractivity contribution in [3.63, 3.8) is 0 Å². The van der Waals surface area contributed by atoms with E-state index in [0.29, 0.717) is 5.69 Å². The number of aromatic nitrogens is 2. The molecule has 122 valence electrons. The fourth-order valence-electron chi connectivity index (χ4n) is 2.94. The van der Waals surface area contributed by atoms with Crippen molar-refractivity contribution in [2.45, 2.75) is 25.8 Å². The Balaban J connectivity index is 1.64. The fourth-order valence-corrected chi connectivity index (χ4v) is 2.94. The summed E-state index contributed by atoms with van der Waals surface area (Å²) in [7, 11) is 1.67. The zero-order valence-electron chi connectivity index (χ0n) is 13.5. The van der Waals surface area contributed by atoms with Crippen LogP contribution in [0.5, 0.6) is 5.75 Å². The number of imidazole rings is 1. The molecule has 1 aliphatic heterocycles. The summed E-state index contributed by atoms with van der Waals surface area (Å²) in [6.45, 7) is 3.62. The number of nitrogens with zero attached hydrogens (tertiary/aromatic N) is 2. The number of aromatic amines is 1. The van der Waals surface area contributed by atoms with E-state index in [1.54, 1.807) is 13.3 Å². The third-order valence-corrected chi connectivity index (χ3v) is 4.12. The van der Waals surface area contributed by atoms with Crippen LogP contribution >= 0.6 is 0 Å². The molecule has 1 aliphatic rings. The lowest BCUT2D eigenvalue weighted by molar-refractivity contribution is 0.0928. The summed E-state index contributed by atoms with van der Waals surface area (Å²) < 4.78 is 5.29. The van der Waals surface area contributed by atoms with Crippen molar-refractivity contribution in [1.29, 1.82) is 0 Å². The first-order valence-electron chi connectivity index (χ1n) is 7.87. The van der Waals surface area contributed by atoms with E-state index in [1.165, 1.54) is 0 Å². The van der Waals surface area contributed by atoms with E-state index in [4.69, 9.17) is 4.74 Å². The second kappa shape index (κ2) is 6.73. The predicted molar refractivity (Wildman–Crippen MR) is 89.0 cm³/mol. The van der Waals surface area contributed by atoms with E-state index in [1.807, 2.05) is 25.1 Å². The summed E-state index contributed by atoms with van der Waals surface area (Å²) in [4.78, 5) is 21.6. The molecule has 23 heavy (non-hydrogen) atoms. The van der Waals surface area contributed by atoms with Gasteiger partial charge in [-0.15, -0.1) is 0 Å². The van der Waals surface area contributed by atoms with Crippen LogP contribution in [-0.2, 0) is 0 Å². The van der Waals surface area contributed by atoms with Crippen LogP contribution in [0.2, 0.25) is 0 Å². The Hall–Kier alpha value is -2.50. The number of anilines is 1. The molecule has 3 rings (SSSR count). The smallest absolute Gasteiger partial charge is 0.269 e. The number of carbonyl (C=O) groups excluding carboxylic acids is 1. The van der Waals surface area contributed by atoms with Crippen molar-refractivity contribution in [2.75, 3.05) is 25.1 Å². The van der Waals surface area contributed by atoms with Crippen LogP contribution in [0.25, 0.3) is 0 Å². The molecule has 6 heteroatoms. The molecule has 2 heterocycles. The molecule has 0 spiro atoms. The van der Waals surface area contributed by atoms with Crippen LogP contribution < -0.4 is 15.0 Å². The third kappa shape index (κ3) is 3.64. The maximum atomic E-state index is 12.2. The lowest BCUT2D eigenvalue weighted by atomic mass is 10.0. The number of rotatable bonds is 4. The second-order valence-electron chi connectivity index (χ2n) is 5.84. The van der Waals surface area contributed by atoms with E-state index in [0.717, 1.165) is 43.2 Å². The maximum Gasteiger partial charge on any atom is 0.269 e. The largest absolute Gasteiger partial charge is 0.497 e. The van der Waals surface area contributed by atoms with Gasteiger partial charge in [0, 0.05) is 30.9 Å². The van der Waals surface area contributed by atoms with Crippen LogP contribution in [0.15, 0.2) is 30.5 Å². The minimum atomic E-state index is -0.0944. The molecular formula is C17H22N4O2. The molecule has 1 fully saturated rings. The zero-order chi connectivity index (χ0) is 16.2. The molecule has 1 aromatic heterocycles. The van der Waals surface area contributed by atoms with Gasteiger partial charge in [-0.3, -0.25) is 4.79 Å². The minimum absolute atomic E-state index is 0.0944. The highest BCUT2D eigenvalue weighted by Crippen LogP contribution is 2.24. The molecule has 6 nitrogen and oxygen atoms in total. The van der Waals surface area contributed by atoms with Gasteiger partial charge in [0.2, 0.25) is 0 Å². The molecule has 1 atom stereocenters. The molecule has 1 unspecified atom stereocenters. The Morgan fingerprint density at radius 2 is 2.35 bits per heavy atom. The molecule has 1 amide bonds. The van der Waals surface area contributed by atoms with Crippen LogP contribution in [0.4, 0.5) is 5.69 Å². The van der Waals surface area contributed by atoms with Gasteiger partial charge in [-0.2, -0.15) is 0 Å². The summed E-state index contributed by atoms with van der Waals surface area (Å²) in [5.41, 5.74) is 1.64. The first kappa shape index (κ1) is 15.4. The first-order chi connectivity index (χ1) is 11.2. The predicted octanol–water partition coefficient (Wildman–Crippen LogP) is 2.13. The molecule has 2 aromatic rings. The number of piperidine rings is 1. The lowest BCUT2D eigenvalue weighted by Gasteiger charge is -2.34. The molecule has 1 aromatic carbocycles. The molecular weight excluding hydrogens is 292 g/mol. The van der Waals surface area contributed by atoms with Crippen molar-refractivity contribution in [3.8, 4) is 5.75 Å². The number of amides is 1. The van der Waals surface area contributed by atoms with Gasteiger partial charge >= 0.3 is 0 Å². The number of hydrogen-bond acceptors (Lipinski definition) is 4. The van der Waals surface area contributed by atoms with Crippen molar-refractivity contribution in [3.05, 3.63) is 42.0 Å². The average molecular weight is 314 g/mol. The Kier molecular flexibility index (Phi) is 4.50. The number of nitrogens with one attached hydrogen (secondary N) is 2. The van der Waals surface area contributed by atoms with Crippen molar-refractivity contribution in [1.82, 2.24) is 15.3 Å². The summed E-state index contributed by atoms with van der Waals surface area (Å²) >= 11 is 0. The molecule has 0 bridgehead atoms. The van der Waals surface area contributed by atoms with E-state index >= 15 is 0 Å². The highest BCUT2D eigenvalue weighted by atomic mass is 16.5. The first-order valence-corrected chi connectivity index (χ1v) is 7.87. The number of ether oxygens (including phenoxy) is 1. The van der Waals surface area contributed by atoms with Crippen LogP contribution in [0.3, 0.4) is 0 Å². The Labute approximate surface area is 135 Å². The van der Waals surface area contributed by atoms with Gasteiger partial charge in [-0.25, -0.2) is 4.98 Å². The number of aryl methyl sites for hydroxylation is 1. The van der Waals surface area contributed by atoms with E-state index < -0.39 is 0 Å². The lowest BCUT2D eigenvalue weighted by Crippen LogP contribution is -2.47. The summed E-state index contributed by atoms with van der Waals surface area (Å²) in [5, 5.41) is 3.09. The average Bonchev–Trinajstić information content (AvgIpc) is 3.02. The number of carbonyl (C=O) groups is 1. The van der Waals surface area contributed by atoms with E-state index in [-0.39, 0.29) is 11.9 Å². The van der Waals surface area contributed by atoms with Gasteiger partial charge in [0.05, 0.1) is 13.3 Å². The Bertz CT molecular complexity index is 683. The molecule has 0 radical (unpaired) electrons. The summed E-state index contributed by atoms with van der Waals surface area (Å²) in [6.07, 6.45) is 3.61. The topological polar surface area (TPSA) is 70.2 Å². The SMILES string of the molecule is COc1cccc(N2CCCC(NC(=O)c3cnc(C)[nH]3)C2)c1. The number of methoxy groups -OCH3 is 1. The Morgan fingerprint density at radius 1 is 1.48 bits per heavy atom. The van der Waals surface area contributed by atoms with Crippen LogP contribution in [-0.4, -0.2) is 42.1 Å². The van der Waals surface area contributed by atoms with Crippen molar-refractivity contribution < 1.29 is 9.53 Å². The summed E-state index contributed by atoms with van der Waals surface area (Å²) in [5.74, 6) is 1.50. The third-order valence-electron chi connectivity index (χ3n) is 4.12. The molecule has 0 aliphatic carbocycles. The summed E-state index contributed by atoms with van der Waals surface area (Å²) in [6, 6.07) is 8.16. The van der Waals surface area contributed by atoms with Crippen LogP contribution in [0, 0.1) is 6.92 Å². The molecule has 1 saturated heterocycles. The van der Waals surface area contributed by atoms with E-state index in [2.05, 4.69) is 26.3 Å². The van der Waals surface area contributed by atoms with Gasteiger partial charge in [0.25, 0.3) is 5.91 Å². The highest BCUT2D eigenvalue weighted by molar-refractivity contribution is 5.92. The van der Waals surface area contributed by atoms with Gasteiger partial charge < -0.3 is 19.9 Å². The van der Waals surface area contributed by atoms with E-state index in [9.17, 15) is 4.79 Å². The fraction of sp³-hybridized carbons (Fsp3) is 0.412. The maximum absolute atomic E-state index is 12.2. The quantitative estimate of drug-likeness (QED) is 0.907. The zero-order valence-corrected chi connectivity index (χ0v) is 13.5. The van der Waals surface area contributed by atoms with Crippen LogP contribution in [0.1, 0.15) is 29.2 Å². The van der Waals surface area contributed by atoms with Gasteiger partial charge in [-0.05, 0) is 31.9 Å². The van der Waals surface area contributed by atoms with Gasteiger partial charge in [0.1, 0.15) is 17.3 Å². The molecule has 2 N–H and O–H groups in total. The Morgan fingerprint density at radius 3 is 3.09 bits per heavy atom. The number of hydrogen-bond donors (Lipinski definition) is 2. The van der Waals surface area contributed by atoms with Gasteiger partial charge in [-0.1, -0.05) is 6.07 Å².